The number of para-hydroxylation sites is 1. The molecule has 0 saturated carbocycles. The van der Waals surface area contributed by atoms with Crippen molar-refractivity contribution < 1.29 is 19.5 Å². The quantitative estimate of drug-likeness (QED) is 0.396. The van der Waals surface area contributed by atoms with Gasteiger partial charge in [-0.15, -0.1) is 24.9 Å². The fourth-order valence-electron chi connectivity index (χ4n) is 7.29. The molecule has 3 amide bonds. The second-order valence-corrected chi connectivity index (χ2v) is 12.8. The Balaban J connectivity index is 1.82. The molecule has 3 heterocycles. The summed E-state index contributed by atoms with van der Waals surface area (Å²) in [5.41, 5.74) is 2.80. The van der Waals surface area contributed by atoms with Crippen LogP contribution in [0.4, 0.5) is 5.69 Å². The lowest BCUT2D eigenvalue weighted by Crippen LogP contribution is -2.58. The van der Waals surface area contributed by atoms with E-state index in [1.165, 1.54) is 0 Å². The van der Waals surface area contributed by atoms with Gasteiger partial charge in [-0.1, -0.05) is 44.2 Å². The number of benzene rings is 1. The Hall–Kier alpha value is -2.58. The molecule has 39 heavy (non-hydrogen) atoms. The molecule has 3 saturated heterocycles. The van der Waals surface area contributed by atoms with E-state index in [-0.39, 0.29) is 42.0 Å². The predicted octanol–water partition coefficient (Wildman–Crippen LogP) is 3.97. The van der Waals surface area contributed by atoms with E-state index in [0.717, 1.165) is 29.7 Å². The van der Waals surface area contributed by atoms with Crippen molar-refractivity contribution in [2.75, 3.05) is 37.7 Å². The second-order valence-electron chi connectivity index (χ2n) is 11.2. The van der Waals surface area contributed by atoms with Gasteiger partial charge < -0.3 is 19.8 Å². The van der Waals surface area contributed by atoms with Gasteiger partial charge >= 0.3 is 0 Å². The zero-order valence-electron chi connectivity index (χ0n) is 23.8. The van der Waals surface area contributed by atoms with Crippen molar-refractivity contribution in [3.8, 4) is 0 Å². The molecule has 7 nitrogen and oxygen atoms in total. The van der Waals surface area contributed by atoms with Crippen LogP contribution in [-0.4, -0.2) is 81.5 Å². The molecule has 0 aliphatic carbocycles. The number of carbonyl (C=O) groups excluding carboxylic acids is 3. The number of carbonyl (C=O) groups is 3. The zero-order valence-corrected chi connectivity index (χ0v) is 24.6. The van der Waals surface area contributed by atoms with E-state index >= 15 is 0 Å². The number of fused-ring (bicyclic) bond motifs is 1. The molecule has 8 heteroatoms. The first-order valence-corrected chi connectivity index (χ1v) is 15.0. The highest BCUT2D eigenvalue weighted by Gasteiger charge is 2.76. The highest BCUT2D eigenvalue weighted by molar-refractivity contribution is 8.02. The smallest absolute Gasteiger partial charge is 0.251 e. The van der Waals surface area contributed by atoms with Gasteiger partial charge in [0.25, 0.3) is 5.91 Å². The Morgan fingerprint density at radius 1 is 1.18 bits per heavy atom. The van der Waals surface area contributed by atoms with Gasteiger partial charge in [0.15, 0.2) is 0 Å². The third kappa shape index (κ3) is 4.73. The van der Waals surface area contributed by atoms with Crippen molar-refractivity contribution in [2.24, 2.45) is 17.8 Å². The summed E-state index contributed by atoms with van der Waals surface area (Å²) in [5.74, 6) is -1.21. The van der Waals surface area contributed by atoms with Crippen LogP contribution >= 0.6 is 11.8 Å². The van der Waals surface area contributed by atoms with Crippen molar-refractivity contribution in [1.29, 1.82) is 0 Å². The van der Waals surface area contributed by atoms with E-state index in [1.807, 2.05) is 43.9 Å². The lowest BCUT2D eigenvalue weighted by molar-refractivity contribution is -0.144. The fraction of sp³-hybridized carbons (Fsp3) is 0.581. The summed E-state index contributed by atoms with van der Waals surface area (Å²) >= 11 is 1.69. The standard InChI is InChI=1S/C31H43N3O4S/c1-7-14-32(15-8-2)28(36)24-23-19-22(6)31(39-23)25(24)29(37)34(17-11-18-35)27(31)30(38)33(16-9-3)26-20(4)12-10-13-21(26)5/h7,9-10,12-13,22-25,27,35H,1,3,8,11,14-19H2,2,4-6H3/t22?,23-,24+,25-,27?,31?/m0/s1. The molecular weight excluding hydrogens is 510 g/mol. The molecule has 3 unspecified atom stereocenters. The summed E-state index contributed by atoms with van der Waals surface area (Å²) < 4.78 is -0.698. The predicted molar refractivity (Wildman–Crippen MR) is 158 cm³/mol. The van der Waals surface area contributed by atoms with Gasteiger partial charge in [-0.25, -0.2) is 0 Å². The first kappa shape index (κ1) is 29.4. The Morgan fingerprint density at radius 3 is 2.44 bits per heavy atom. The zero-order chi connectivity index (χ0) is 28.5. The van der Waals surface area contributed by atoms with Crippen LogP contribution < -0.4 is 4.90 Å². The molecule has 0 radical (unpaired) electrons. The van der Waals surface area contributed by atoms with Crippen LogP contribution in [0.5, 0.6) is 0 Å². The molecule has 1 spiro atoms. The van der Waals surface area contributed by atoms with E-state index in [2.05, 4.69) is 20.1 Å². The van der Waals surface area contributed by atoms with Crippen LogP contribution in [0.2, 0.25) is 0 Å². The average Bonchev–Trinajstić information content (AvgIpc) is 3.49. The molecule has 6 atom stereocenters. The lowest BCUT2D eigenvalue weighted by atomic mass is 9.65. The number of aliphatic hydroxyl groups excluding tert-OH is 1. The largest absolute Gasteiger partial charge is 0.396 e. The first-order valence-electron chi connectivity index (χ1n) is 14.2. The van der Waals surface area contributed by atoms with Gasteiger partial charge in [0, 0.05) is 43.7 Å². The number of thioether (sulfide) groups is 1. The molecule has 0 aromatic heterocycles. The monoisotopic (exact) mass is 553 g/mol. The SMILES string of the molecule is C=CCN(CCC)C(=O)[C@@H]1[C@@H]2CC(C)C3(S2)C(C(=O)N(CC=C)c2c(C)cccc2C)N(CCCO)C(=O)[C@H]13. The number of amides is 3. The summed E-state index contributed by atoms with van der Waals surface area (Å²) in [5, 5.41) is 9.67. The molecular formula is C31H43N3O4S. The topological polar surface area (TPSA) is 81.2 Å². The van der Waals surface area contributed by atoms with E-state index in [4.69, 9.17) is 0 Å². The van der Waals surface area contributed by atoms with Gasteiger partial charge in [-0.2, -0.15) is 0 Å². The minimum absolute atomic E-state index is 0.00530. The summed E-state index contributed by atoms with van der Waals surface area (Å²) in [6, 6.07) is 5.24. The van der Waals surface area contributed by atoms with Crippen molar-refractivity contribution in [3.63, 3.8) is 0 Å². The van der Waals surface area contributed by atoms with Crippen molar-refractivity contribution in [1.82, 2.24) is 9.80 Å². The van der Waals surface area contributed by atoms with Crippen LogP contribution in [0, 0.1) is 31.6 Å². The fourth-order valence-corrected chi connectivity index (χ4v) is 9.70. The van der Waals surface area contributed by atoms with Crippen LogP contribution in [0.15, 0.2) is 43.5 Å². The minimum Gasteiger partial charge on any atom is -0.396 e. The number of rotatable bonds is 12. The molecule has 1 aromatic carbocycles. The number of likely N-dealkylation sites (tertiary alicyclic amines) is 1. The molecule has 3 aliphatic rings. The Labute approximate surface area is 237 Å². The van der Waals surface area contributed by atoms with Crippen LogP contribution in [0.1, 0.15) is 44.2 Å². The van der Waals surface area contributed by atoms with Gasteiger partial charge in [0.1, 0.15) is 6.04 Å². The van der Waals surface area contributed by atoms with E-state index < -0.39 is 22.6 Å². The Bertz CT molecular complexity index is 1120. The maximum atomic E-state index is 14.7. The van der Waals surface area contributed by atoms with Crippen LogP contribution in [0.3, 0.4) is 0 Å². The molecule has 3 fully saturated rings. The van der Waals surface area contributed by atoms with Gasteiger partial charge in [0.2, 0.25) is 11.8 Å². The normalized spacial score (nSPS) is 28.9. The number of hydrogen-bond donors (Lipinski definition) is 1. The number of aryl methyl sites for hydroxylation is 2. The summed E-state index contributed by atoms with van der Waals surface area (Å²) in [6.45, 7) is 17.5. The van der Waals surface area contributed by atoms with E-state index in [0.29, 0.717) is 26.1 Å². The maximum Gasteiger partial charge on any atom is 0.251 e. The van der Waals surface area contributed by atoms with Crippen molar-refractivity contribution in [3.05, 3.63) is 54.6 Å². The van der Waals surface area contributed by atoms with Crippen molar-refractivity contribution >= 4 is 35.2 Å². The van der Waals surface area contributed by atoms with E-state index in [9.17, 15) is 19.5 Å². The number of hydrogen-bond acceptors (Lipinski definition) is 5. The number of nitrogens with zero attached hydrogens (tertiary/aromatic N) is 3. The average molecular weight is 554 g/mol. The molecule has 4 rings (SSSR count). The Morgan fingerprint density at radius 2 is 1.85 bits per heavy atom. The third-order valence-electron chi connectivity index (χ3n) is 8.76. The second kappa shape index (κ2) is 11.9. The number of aliphatic hydroxyl groups is 1. The lowest BCUT2D eigenvalue weighted by Gasteiger charge is -2.41. The molecule has 2 bridgehead atoms. The number of anilines is 1. The van der Waals surface area contributed by atoms with Crippen LogP contribution in [0.25, 0.3) is 0 Å². The van der Waals surface area contributed by atoms with Gasteiger partial charge in [-0.05, 0) is 50.2 Å². The third-order valence-corrected chi connectivity index (χ3v) is 10.8. The minimum atomic E-state index is -0.720. The maximum absolute atomic E-state index is 14.7. The molecule has 212 valence electrons. The Kier molecular flexibility index (Phi) is 8.96. The first-order chi connectivity index (χ1) is 18.7. The van der Waals surface area contributed by atoms with E-state index in [1.54, 1.807) is 33.7 Å². The van der Waals surface area contributed by atoms with Gasteiger partial charge in [0.05, 0.1) is 16.6 Å². The van der Waals surface area contributed by atoms with Gasteiger partial charge in [-0.3, -0.25) is 14.4 Å². The van der Waals surface area contributed by atoms with Crippen LogP contribution in [-0.2, 0) is 14.4 Å². The summed E-state index contributed by atoms with van der Waals surface area (Å²) in [4.78, 5) is 48.3. The highest BCUT2D eigenvalue weighted by atomic mass is 32.2. The molecule has 1 N–H and O–H groups in total. The summed E-state index contributed by atoms with van der Waals surface area (Å²) in [7, 11) is 0. The summed E-state index contributed by atoms with van der Waals surface area (Å²) in [6.07, 6.45) is 5.45. The molecule has 3 aliphatic heterocycles. The highest BCUT2D eigenvalue weighted by Crippen LogP contribution is 2.69. The van der Waals surface area contributed by atoms with Crippen molar-refractivity contribution in [2.45, 2.75) is 63.0 Å². The molecule has 1 aromatic rings.